The molecule has 16 heavy (non-hydrogen) atoms. The van der Waals surface area contributed by atoms with Crippen LogP contribution in [-0.4, -0.2) is 51.6 Å². The van der Waals surface area contributed by atoms with Crippen molar-refractivity contribution in [3.05, 3.63) is 5.82 Å². The molecule has 0 radical (unpaired) electrons. The molecule has 5 nitrogen and oxygen atoms in total. The quantitative estimate of drug-likeness (QED) is 0.755. The molecule has 3 rings (SSSR count). The van der Waals surface area contributed by atoms with Gasteiger partial charge in [0.25, 0.3) is 0 Å². The van der Waals surface area contributed by atoms with Crippen molar-refractivity contribution in [3.63, 3.8) is 0 Å². The molecule has 1 aromatic rings. The molecule has 1 saturated heterocycles. The summed E-state index contributed by atoms with van der Waals surface area (Å²) in [6.07, 6.45) is 1.10. The van der Waals surface area contributed by atoms with Gasteiger partial charge in [-0.3, -0.25) is 0 Å². The van der Waals surface area contributed by atoms with E-state index in [1.165, 1.54) is 0 Å². The normalized spacial score (nSPS) is 30.6. The van der Waals surface area contributed by atoms with Crippen LogP contribution in [0.5, 0.6) is 0 Å². The van der Waals surface area contributed by atoms with E-state index in [1.807, 2.05) is 0 Å². The highest BCUT2D eigenvalue weighted by atomic mass is 32.2. The van der Waals surface area contributed by atoms with E-state index in [1.54, 1.807) is 11.8 Å². The van der Waals surface area contributed by atoms with Crippen LogP contribution >= 0.6 is 11.8 Å². The minimum absolute atomic E-state index is 0.192. The fraction of sp³-hybridized carbons (Fsp3) is 0.800. The van der Waals surface area contributed by atoms with E-state index >= 15 is 0 Å². The van der Waals surface area contributed by atoms with Crippen LogP contribution in [0.25, 0.3) is 0 Å². The van der Waals surface area contributed by atoms with Gasteiger partial charge in [0, 0.05) is 30.8 Å². The lowest BCUT2D eigenvalue weighted by Gasteiger charge is -2.33. The molecule has 0 amide bonds. The molecular formula is C10H17N5S. The van der Waals surface area contributed by atoms with Crippen LogP contribution in [0.2, 0.25) is 0 Å². The van der Waals surface area contributed by atoms with Gasteiger partial charge in [-0.15, -0.1) is 10.2 Å². The first kappa shape index (κ1) is 10.6. The Bertz CT molecular complexity index is 391. The number of hydrogen-bond donors (Lipinski definition) is 1. The Morgan fingerprint density at radius 2 is 2.25 bits per heavy atom. The van der Waals surface area contributed by atoms with Gasteiger partial charge in [0.05, 0.1) is 0 Å². The summed E-state index contributed by atoms with van der Waals surface area (Å²) in [5.74, 6) is 2.62. The Morgan fingerprint density at radius 1 is 1.38 bits per heavy atom. The number of piperidine rings is 1. The van der Waals surface area contributed by atoms with E-state index in [2.05, 4.69) is 26.7 Å². The maximum absolute atomic E-state index is 6.23. The van der Waals surface area contributed by atoms with Crippen molar-refractivity contribution in [1.82, 2.24) is 19.7 Å². The molecule has 2 N–H and O–H groups in total. The third-order valence-corrected chi connectivity index (χ3v) is 4.43. The standard InChI is InChI=1S/C10H17N5S/c1-14-3-2-7(8(11)6-14)9-12-13-10-15(9)4-5-16-10/h7-8H,2-6,11H2,1H3. The van der Waals surface area contributed by atoms with Crippen molar-refractivity contribution in [3.8, 4) is 0 Å². The first-order chi connectivity index (χ1) is 7.75. The van der Waals surface area contributed by atoms with Crippen LogP contribution in [0.15, 0.2) is 5.16 Å². The van der Waals surface area contributed by atoms with Gasteiger partial charge in [0.2, 0.25) is 0 Å². The highest BCUT2D eigenvalue weighted by Gasteiger charge is 2.32. The van der Waals surface area contributed by atoms with Gasteiger partial charge < -0.3 is 15.2 Å². The smallest absolute Gasteiger partial charge is 0.191 e. The Balaban J connectivity index is 1.86. The number of likely N-dealkylation sites (tertiary alicyclic amines) is 1. The molecule has 0 spiro atoms. The van der Waals surface area contributed by atoms with Crippen LogP contribution in [0.4, 0.5) is 0 Å². The zero-order valence-corrected chi connectivity index (χ0v) is 10.3. The van der Waals surface area contributed by atoms with E-state index in [-0.39, 0.29) is 6.04 Å². The van der Waals surface area contributed by atoms with Crippen molar-refractivity contribution in [2.45, 2.75) is 30.1 Å². The van der Waals surface area contributed by atoms with Crippen LogP contribution in [0.3, 0.4) is 0 Å². The lowest BCUT2D eigenvalue weighted by atomic mass is 9.91. The van der Waals surface area contributed by atoms with Gasteiger partial charge >= 0.3 is 0 Å². The van der Waals surface area contributed by atoms with Gasteiger partial charge in [0.1, 0.15) is 5.82 Å². The molecule has 1 fully saturated rings. The Hall–Kier alpha value is -0.590. The summed E-state index contributed by atoms with van der Waals surface area (Å²) in [4.78, 5) is 2.29. The minimum Gasteiger partial charge on any atom is -0.326 e. The molecule has 0 aliphatic carbocycles. The zero-order valence-electron chi connectivity index (χ0n) is 9.46. The third kappa shape index (κ3) is 1.65. The first-order valence-electron chi connectivity index (χ1n) is 5.75. The summed E-state index contributed by atoms with van der Waals surface area (Å²) in [6.45, 7) is 3.11. The highest BCUT2D eigenvalue weighted by molar-refractivity contribution is 7.99. The minimum atomic E-state index is 0.192. The number of rotatable bonds is 1. The summed E-state index contributed by atoms with van der Waals surface area (Å²) >= 11 is 1.79. The van der Waals surface area contributed by atoms with Gasteiger partial charge in [-0.1, -0.05) is 11.8 Å². The average molecular weight is 239 g/mol. The van der Waals surface area contributed by atoms with Crippen LogP contribution in [0.1, 0.15) is 18.2 Å². The molecule has 88 valence electrons. The van der Waals surface area contributed by atoms with Crippen molar-refractivity contribution in [1.29, 1.82) is 0 Å². The van der Waals surface area contributed by atoms with E-state index in [9.17, 15) is 0 Å². The number of aromatic nitrogens is 3. The fourth-order valence-corrected chi connectivity index (χ4v) is 3.49. The summed E-state index contributed by atoms with van der Waals surface area (Å²) < 4.78 is 2.25. The van der Waals surface area contributed by atoms with Crippen molar-refractivity contribution >= 4 is 11.8 Å². The van der Waals surface area contributed by atoms with Gasteiger partial charge in [-0.05, 0) is 20.0 Å². The van der Waals surface area contributed by atoms with Crippen LogP contribution < -0.4 is 5.73 Å². The van der Waals surface area contributed by atoms with Gasteiger partial charge in [-0.2, -0.15) is 0 Å². The number of fused-ring (bicyclic) bond motifs is 1. The van der Waals surface area contributed by atoms with Crippen molar-refractivity contribution in [2.75, 3.05) is 25.9 Å². The molecule has 0 bridgehead atoms. The average Bonchev–Trinajstić information content (AvgIpc) is 2.80. The molecule has 2 aliphatic rings. The second-order valence-electron chi connectivity index (χ2n) is 4.66. The van der Waals surface area contributed by atoms with Crippen LogP contribution in [0, 0.1) is 0 Å². The summed E-state index contributed by atoms with van der Waals surface area (Å²) in [6, 6.07) is 0.192. The zero-order chi connectivity index (χ0) is 11.1. The molecule has 2 atom stereocenters. The van der Waals surface area contributed by atoms with Crippen molar-refractivity contribution < 1.29 is 0 Å². The second-order valence-corrected chi connectivity index (χ2v) is 5.72. The largest absolute Gasteiger partial charge is 0.326 e. The number of nitrogens with zero attached hydrogens (tertiary/aromatic N) is 4. The molecule has 1 aromatic heterocycles. The van der Waals surface area contributed by atoms with Crippen LogP contribution in [-0.2, 0) is 6.54 Å². The number of hydrogen-bond acceptors (Lipinski definition) is 5. The van der Waals surface area contributed by atoms with E-state index in [0.717, 1.165) is 42.8 Å². The lowest BCUT2D eigenvalue weighted by molar-refractivity contribution is 0.221. The number of thioether (sulfide) groups is 1. The Kier molecular flexibility index (Phi) is 2.65. The Morgan fingerprint density at radius 3 is 3.06 bits per heavy atom. The molecule has 2 unspecified atom stereocenters. The van der Waals surface area contributed by atoms with E-state index in [4.69, 9.17) is 5.73 Å². The third-order valence-electron chi connectivity index (χ3n) is 3.48. The van der Waals surface area contributed by atoms with Gasteiger partial charge in [0.15, 0.2) is 5.16 Å². The predicted octanol–water partition coefficient (Wildman–Crippen LogP) is 0.130. The number of likely N-dealkylation sites (N-methyl/N-ethyl adjacent to an activating group) is 1. The summed E-state index contributed by atoms with van der Waals surface area (Å²) in [7, 11) is 2.13. The molecule has 6 heteroatoms. The molecular weight excluding hydrogens is 222 g/mol. The lowest BCUT2D eigenvalue weighted by Crippen LogP contribution is -2.46. The predicted molar refractivity (Wildman–Crippen MR) is 63.6 cm³/mol. The topological polar surface area (TPSA) is 60.0 Å². The maximum Gasteiger partial charge on any atom is 0.191 e. The maximum atomic E-state index is 6.23. The summed E-state index contributed by atoms with van der Waals surface area (Å²) in [5.41, 5.74) is 6.23. The van der Waals surface area contributed by atoms with Crippen molar-refractivity contribution in [2.24, 2.45) is 5.73 Å². The highest BCUT2D eigenvalue weighted by Crippen LogP contribution is 2.31. The Labute approximate surface area is 99.4 Å². The second kappa shape index (κ2) is 4.01. The fourth-order valence-electron chi connectivity index (χ4n) is 2.59. The molecule has 0 saturated carbocycles. The SMILES string of the molecule is CN1CCC(c2nnc3n2CCS3)C(N)C1. The van der Waals surface area contributed by atoms with E-state index < -0.39 is 0 Å². The first-order valence-corrected chi connectivity index (χ1v) is 6.74. The number of nitrogens with two attached hydrogens (primary N) is 1. The van der Waals surface area contributed by atoms with E-state index in [0.29, 0.717) is 5.92 Å². The molecule has 0 aromatic carbocycles. The molecule has 3 heterocycles. The monoisotopic (exact) mass is 239 g/mol. The van der Waals surface area contributed by atoms with Gasteiger partial charge in [-0.25, -0.2) is 0 Å². The molecule has 2 aliphatic heterocycles. The summed E-state index contributed by atoms with van der Waals surface area (Å²) in [5, 5.41) is 9.63.